The van der Waals surface area contributed by atoms with Crippen molar-refractivity contribution >= 4 is 55.4 Å². The van der Waals surface area contributed by atoms with Crippen LogP contribution in [-0.4, -0.2) is 12.6 Å². The molecule has 3 aromatic rings. The lowest BCUT2D eigenvalue weighted by molar-refractivity contribution is 0.111. The first-order valence-electron chi connectivity index (χ1n) is 4.67. The molecule has 0 bridgehead atoms. The van der Waals surface area contributed by atoms with Crippen LogP contribution in [-0.2, 0) is 0 Å². The standard InChI is InChI=1S/C12H6O2S2/c13-5-9-1-7-3-12-8(4-11(7)15-9)2-10(6-14)16-12/h1-6H. The van der Waals surface area contributed by atoms with E-state index in [0.29, 0.717) is 0 Å². The number of hydrogen-bond acceptors (Lipinski definition) is 4. The maximum Gasteiger partial charge on any atom is 0.160 e. The second kappa shape index (κ2) is 3.50. The molecule has 1 aromatic carbocycles. The number of thiophene rings is 2. The number of aldehydes is 2. The largest absolute Gasteiger partial charge is 0.297 e. The van der Waals surface area contributed by atoms with E-state index in [4.69, 9.17) is 0 Å². The molecule has 0 saturated heterocycles. The third kappa shape index (κ3) is 1.38. The van der Waals surface area contributed by atoms with Gasteiger partial charge in [0.05, 0.1) is 9.75 Å². The summed E-state index contributed by atoms with van der Waals surface area (Å²) < 4.78 is 2.18. The van der Waals surface area contributed by atoms with Gasteiger partial charge in [0.1, 0.15) is 0 Å². The van der Waals surface area contributed by atoms with Crippen molar-refractivity contribution in [1.29, 1.82) is 0 Å². The molecule has 0 amide bonds. The normalized spacial score (nSPS) is 11.0. The lowest BCUT2D eigenvalue weighted by Gasteiger charge is -1.89. The summed E-state index contributed by atoms with van der Waals surface area (Å²) in [4.78, 5) is 22.8. The summed E-state index contributed by atoms with van der Waals surface area (Å²) in [6, 6.07) is 7.83. The molecule has 0 aliphatic rings. The molecule has 78 valence electrons. The molecule has 0 aliphatic heterocycles. The Morgan fingerprint density at radius 2 is 1.19 bits per heavy atom. The Morgan fingerprint density at radius 1 is 0.750 bits per heavy atom. The first-order valence-corrected chi connectivity index (χ1v) is 6.31. The van der Waals surface area contributed by atoms with Crippen molar-refractivity contribution in [3.63, 3.8) is 0 Å². The number of rotatable bonds is 2. The zero-order valence-electron chi connectivity index (χ0n) is 8.10. The van der Waals surface area contributed by atoms with E-state index in [-0.39, 0.29) is 0 Å². The number of fused-ring (bicyclic) bond motifs is 2. The molecule has 0 saturated carbocycles. The first kappa shape index (κ1) is 9.69. The minimum absolute atomic E-state index is 0.739. The SMILES string of the molecule is O=Cc1cc2cc3sc(C=O)cc3cc2s1. The lowest BCUT2D eigenvalue weighted by Crippen LogP contribution is -1.64. The number of carbonyl (C=O) groups excluding carboxylic acids is 2. The van der Waals surface area contributed by atoms with Crippen molar-refractivity contribution in [3.8, 4) is 0 Å². The molecule has 2 nitrogen and oxygen atoms in total. The van der Waals surface area contributed by atoms with Gasteiger partial charge in [-0.15, -0.1) is 22.7 Å². The van der Waals surface area contributed by atoms with Gasteiger partial charge >= 0.3 is 0 Å². The lowest BCUT2D eigenvalue weighted by atomic mass is 10.2. The van der Waals surface area contributed by atoms with Crippen LogP contribution in [0.25, 0.3) is 20.2 Å². The predicted octanol–water partition coefficient (Wildman–Crippen LogP) is 3.74. The summed E-state index contributed by atoms with van der Waals surface area (Å²) in [5.41, 5.74) is 0. The van der Waals surface area contributed by atoms with Crippen molar-refractivity contribution in [3.05, 3.63) is 34.0 Å². The van der Waals surface area contributed by atoms with E-state index in [2.05, 4.69) is 0 Å². The fourth-order valence-electron chi connectivity index (χ4n) is 1.73. The molecule has 0 spiro atoms. The minimum Gasteiger partial charge on any atom is -0.297 e. The van der Waals surface area contributed by atoms with Crippen molar-refractivity contribution in [2.24, 2.45) is 0 Å². The Hall–Kier alpha value is -1.52. The van der Waals surface area contributed by atoms with Crippen molar-refractivity contribution in [2.75, 3.05) is 0 Å². The van der Waals surface area contributed by atoms with Gasteiger partial charge in [-0.05, 0) is 35.0 Å². The van der Waals surface area contributed by atoms with Crippen LogP contribution >= 0.6 is 22.7 Å². The van der Waals surface area contributed by atoms with Crippen molar-refractivity contribution < 1.29 is 9.59 Å². The molecule has 0 atom stereocenters. The van der Waals surface area contributed by atoms with Crippen LogP contribution in [0.5, 0.6) is 0 Å². The third-order valence-corrected chi connectivity index (χ3v) is 4.47. The van der Waals surface area contributed by atoms with Gasteiger partial charge in [0.15, 0.2) is 12.6 Å². The molecule has 0 aliphatic carbocycles. The van der Waals surface area contributed by atoms with Gasteiger partial charge in [-0.3, -0.25) is 9.59 Å². The smallest absolute Gasteiger partial charge is 0.160 e. The second-order valence-corrected chi connectivity index (χ2v) is 5.69. The first-order chi connectivity index (χ1) is 7.80. The topological polar surface area (TPSA) is 34.1 Å². The Balaban J connectivity index is 2.36. The summed E-state index contributed by atoms with van der Waals surface area (Å²) >= 11 is 2.95. The zero-order chi connectivity index (χ0) is 11.1. The molecule has 3 rings (SSSR count). The molecule has 16 heavy (non-hydrogen) atoms. The highest BCUT2D eigenvalue weighted by atomic mass is 32.1. The van der Waals surface area contributed by atoms with Crippen LogP contribution in [0.2, 0.25) is 0 Å². The minimum atomic E-state index is 0.739. The van der Waals surface area contributed by atoms with Gasteiger partial charge in [-0.1, -0.05) is 0 Å². The van der Waals surface area contributed by atoms with Crippen LogP contribution in [0.3, 0.4) is 0 Å². The zero-order valence-corrected chi connectivity index (χ0v) is 9.73. The summed E-state index contributed by atoms with van der Waals surface area (Å²) in [7, 11) is 0. The van der Waals surface area contributed by atoms with Crippen molar-refractivity contribution in [1.82, 2.24) is 0 Å². The summed E-state index contributed by atoms with van der Waals surface area (Å²) in [6.07, 6.45) is 1.74. The van der Waals surface area contributed by atoms with E-state index in [1.54, 1.807) is 0 Å². The average molecular weight is 246 g/mol. The number of benzene rings is 1. The van der Waals surface area contributed by atoms with Gasteiger partial charge in [-0.2, -0.15) is 0 Å². The quantitative estimate of drug-likeness (QED) is 0.645. The van der Waals surface area contributed by atoms with Gasteiger partial charge < -0.3 is 0 Å². The van der Waals surface area contributed by atoms with E-state index in [1.807, 2.05) is 24.3 Å². The molecule has 2 heterocycles. The summed E-state index contributed by atoms with van der Waals surface area (Å²) in [5.74, 6) is 0. The average Bonchev–Trinajstić information content (AvgIpc) is 2.86. The van der Waals surface area contributed by atoms with E-state index in [0.717, 1.165) is 42.5 Å². The van der Waals surface area contributed by atoms with Crippen LogP contribution in [0.1, 0.15) is 19.3 Å². The molecule has 0 radical (unpaired) electrons. The predicted molar refractivity (Wildman–Crippen MR) is 68.0 cm³/mol. The molecule has 2 aromatic heterocycles. The van der Waals surface area contributed by atoms with E-state index < -0.39 is 0 Å². The maximum atomic E-state index is 10.7. The Bertz CT molecular complexity index is 598. The van der Waals surface area contributed by atoms with Crippen molar-refractivity contribution in [2.45, 2.75) is 0 Å². The third-order valence-electron chi connectivity index (χ3n) is 2.43. The Morgan fingerprint density at radius 3 is 1.56 bits per heavy atom. The number of hydrogen-bond donors (Lipinski definition) is 0. The van der Waals surface area contributed by atoms with E-state index in [1.165, 1.54) is 22.7 Å². The number of carbonyl (C=O) groups is 2. The second-order valence-electron chi connectivity index (χ2n) is 3.46. The summed E-state index contributed by atoms with van der Waals surface area (Å²) in [5, 5.41) is 2.14. The van der Waals surface area contributed by atoms with E-state index in [9.17, 15) is 9.59 Å². The van der Waals surface area contributed by atoms with Crippen LogP contribution in [0, 0.1) is 0 Å². The Kier molecular flexibility index (Phi) is 2.12. The highest BCUT2D eigenvalue weighted by molar-refractivity contribution is 7.22. The molecular weight excluding hydrogens is 240 g/mol. The molecule has 0 unspecified atom stereocenters. The van der Waals surface area contributed by atoms with Crippen LogP contribution in [0.15, 0.2) is 24.3 Å². The van der Waals surface area contributed by atoms with Gasteiger partial charge in [0, 0.05) is 9.40 Å². The fraction of sp³-hybridized carbons (Fsp3) is 0. The van der Waals surface area contributed by atoms with Crippen LogP contribution in [0.4, 0.5) is 0 Å². The van der Waals surface area contributed by atoms with Gasteiger partial charge in [-0.25, -0.2) is 0 Å². The highest BCUT2D eigenvalue weighted by Gasteiger charge is 2.06. The van der Waals surface area contributed by atoms with Crippen LogP contribution < -0.4 is 0 Å². The summed E-state index contributed by atoms with van der Waals surface area (Å²) in [6.45, 7) is 0. The molecule has 0 N–H and O–H groups in total. The highest BCUT2D eigenvalue weighted by Crippen LogP contribution is 2.33. The monoisotopic (exact) mass is 246 g/mol. The molecule has 0 fully saturated rings. The fourth-order valence-corrected chi connectivity index (χ4v) is 3.55. The molecule has 4 heteroatoms. The van der Waals surface area contributed by atoms with E-state index >= 15 is 0 Å². The Labute approximate surface area is 99.1 Å². The molecular formula is C12H6O2S2. The maximum absolute atomic E-state index is 10.7. The van der Waals surface area contributed by atoms with Gasteiger partial charge in [0.2, 0.25) is 0 Å². The van der Waals surface area contributed by atoms with Gasteiger partial charge in [0.25, 0.3) is 0 Å².